The average Bonchev–Trinajstić information content (AvgIpc) is 3.23. The van der Waals surface area contributed by atoms with Gasteiger partial charge in [-0.3, -0.25) is 19.1 Å². The number of carbonyl (C=O) groups excluding carboxylic acids is 3. The molecule has 1 saturated heterocycles. The maximum absolute atomic E-state index is 12.3. The number of hydrogen-bond donors (Lipinski definition) is 2. The number of nitrogens with zero attached hydrogens (tertiary/aromatic N) is 3. The molecule has 0 saturated carbocycles. The van der Waals surface area contributed by atoms with Crippen LogP contribution in [-0.4, -0.2) is 41.1 Å². The van der Waals surface area contributed by atoms with Gasteiger partial charge in [-0.15, -0.1) is 0 Å². The van der Waals surface area contributed by atoms with Crippen LogP contribution in [0.15, 0.2) is 36.7 Å². The lowest BCUT2D eigenvalue weighted by atomic mass is 10.2. The number of hydrogen-bond acceptors (Lipinski definition) is 4. The van der Waals surface area contributed by atoms with Gasteiger partial charge in [0.1, 0.15) is 6.54 Å². The molecule has 3 amide bonds. The van der Waals surface area contributed by atoms with Crippen molar-refractivity contribution in [3.63, 3.8) is 0 Å². The van der Waals surface area contributed by atoms with Gasteiger partial charge in [0.2, 0.25) is 11.8 Å². The third kappa shape index (κ3) is 3.85. The highest BCUT2D eigenvalue weighted by Gasteiger charge is 2.21. The van der Waals surface area contributed by atoms with Gasteiger partial charge in [0.05, 0.1) is 11.9 Å². The number of nitrogens with one attached hydrogen (secondary N) is 2. The normalized spacial score (nSPS) is 13.8. The largest absolute Gasteiger partial charge is 0.358 e. The Hall–Kier alpha value is -3.16. The van der Waals surface area contributed by atoms with Crippen LogP contribution in [0.5, 0.6) is 0 Å². The number of rotatable bonds is 5. The summed E-state index contributed by atoms with van der Waals surface area (Å²) in [5, 5.41) is 9.26. The molecule has 25 heavy (non-hydrogen) atoms. The molecule has 2 aromatic rings. The van der Waals surface area contributed by atoms with Gasteiger partial charge in [-0.25, -0.2) is 0 Å². The molecular weight excluding hydrogens is 322 g/mol. The molecule has 1 aromatic carbocycles. The number of anilines is 2. The zero-order valence-electron chi connectivity index (χ0n) is 13.9. The van der Waals surface area contributed by atoms with Gasteiger partial charge in [-0.05, 0) is 30.7 Å². The Morgan fingerprint density at radius 2 is 2.00 bits per heavy atom. The molecular formula is C17H19N5O3. The fraction of sp³-hybridized carbons (Fsp3) is 0.294. The molecule has 0 unspecified atom stereocenters. The predicted octanol–water partition coefficient (Wildman–Crippen LogP) is 1.01. The first kappa shape index (κ1) is 16.7. The van der Waals surface area contributed by atoms with Gasteiger partial charge in [-0.1, -0.05) is 0 Å². The van der Waals surface area contributed by atoms with Crippen molar-refractivity contribution in [2.24, 2.45) is 0 Å². The summed E-state index contributed by atoms with van der Waals surface area (Å²) in [5.74, 6) is -0.340. The highest BCUT2D eigenvalue weighted by atomic mass is 16.2. The van der Waals surface area contributed by atoms with Crippen molar-refractivity contribution in [3.8, 4) is 0 Å². The van der Waals surface area contributed by atoms with Gasteiger partial charge in [-0.2, -0.15) is 5.10 Å². The molecule has 8 nitrogen and oxygen atoms in total. The van der Waals surface area contributed by atoms with E-state index in [0.717, 1.165) is 18.7 Å². The molecule has 1 aliphatic rings. The Morgan fingerprint density at radius 3 is 2.64 bits per heavy atom. The van der Waals surface area contributed by atoms with E-state index in [-0.39, 0.29) is 24.3 Å². The first-order valence-corrected chi connectivity index (χ1v) is 8.01. The number of aromatic nitrogens is 2. The molecule has 0 radical (unpaired) electrons. The fourth-order valence-corrected chi connectivity index (χ4v) is 2.66. The Morgan fingerprint density at radius 1 is 1.24 bits per heavy atom. The lowest BCUT2D eigenvalue weighted by molar-refractivity contribution is -0.121. The zero-order chi connectivity index (χ0) is 17.8. The van der Waals surface area contributed by atoms with Crippen molar-refractivity contribution in [1.82, 2.24) is 15.1 Å². The van der Waals surface area contributed by atoms with Crippen molar-refractivity contribution >= 4 is 29.1 Å². The van der Waals surface area contributed by atoms with Gasteiger partial charge in [0, 0.05) is 37.5 Å². The summed E-state index contributed by atoms with van der Waals surface area (Å²) in [4.78, 5) is 37.1. The highest BCUT2D eigenvalue weighted by Crippen LogP contribution is 2.21. The Labute approximate surface area is 144 Å². The second kappa shape index (κ2) is 7.16. The molecule has 0 bridgehead atoms. The average molecular weight is 341 g/mol. The van der Waals surface area contributed by atoms with Crippen LogP contribution in [0.3, 0.4) is 0 Å². The number of benzene rings is 1. The van der Waals surface area contributed by atoms with Crippen molar-refractivity contribution in [2.45, 2.75) is 19.4 Å². The van der Waals surface area contributed by atoms with E-state index < -0.39 is 0 Å². The van der Waals surface area contributed by atoms with Crippen LogP contribution in [-0.2, 0) is 16.1 Å². The molecule has 130 valence electrons. The quantitative estimate of drug-likeness (QED) is 0.848. The second-order valence-corrected chi connectivity index (χ2v) is 5.75. The molecule has 2 N–H and O–H groups in total. The minimum absolute atomic E-state index is 0.0882. The molecule has 1 fully saturated rings. The smallest absolute Gasteiger partial charge is 0.255 e. The summed E-state index contributed by atoms with van der Waals surface area (Å²) in [6, 6.07) is 6.91. The lowest BCUT2D eigenvalue weighted by Crippen LogP contribution is -2.23. The number of amides is 3. The molecule has 8 heteroatoms. The molecule has 2 heterocycles. The van der Waals surface area contributed by atoms with E-state index in [2.05, 4.69) is 15.7 Å². The molecule has 1 aliphatic heterocycles. The third-order valence-electron chi connectivity index (χ3n) is 3.99. The van der Waals surface area contributed by atoms with E-state index in [9.17, 15) is 14.4 Å². The van der Waals surface area contributed by atoms with Crippen LogP contribution < -0.4 is 15.5 Å². The molecule has 3 rings (SSSR count). The fourth-order valence-electron chi connectivity index (χ4n) is 2.66. The minimum Gasteiger partial charge on any atom is -0.358 e. The number of carbonyl (C=O) groups is 3. The van der Waals surface area contributed by atoms with Crippen LogP contribution in [0.4, 0.5) is 11.4 Å². The predicted molar refractivity (Wildman–Crippen MR) is 92.3 cm³/mol. The lowest BCUT2D eigenvalue weighted by Gasteiger charge is -2.15. The maximum atomic E-state index is 12.3. The summed E-state index contributed by atoms with van der Waals surface area (Å²) in [6.07, 6.45) is 4.51. The van der Waals surface area contributed by atoms with Crippen molar-refractivity contribution in [3.05, 3.63) is 42.2 Å². The van der Waals surface area contributed by atoms with E-state index in [1.165, 1.54) is 10.9 Å². The van der Waals surface area contributed by atoms with E-state index in [1.807, 2.05) is 0 Å². The van der Waals surface area contributed by atoms with Crippen LogP contribution in [0.25, 0.3) is 0 Å². The van der Waals surface area contributed by atoms with Crippen LogP contribution in [0, 0.1) is 0 Å². The molecule has 0 aliphatic carbocycles. The monoisotopic (exact) mass is 341 g/mol. The van der Waals surface area contributed by atoms with Crippen LogP contribution in [0.1, 0.15) is 23.2 Å². The Kier molecular flexibility index (Phi) is 4.78. The highest BCUT2D eigenvalue weighted by molar-refractivity contribution is 6.04. The Balaban J connectivity index is 1.63. The van der Waals surface area contributed by atoms with Gasteiger partial charge < -0.3 is 15.5 Å². The summed E-state index contributed by atoms with van der Waals surface area (Å²) in [5.41, 5.74) is 1.79. The minimum atomic E-state index is -0.279. The summed E-state index contributed by atoms with van der Waals surface area (Å²) in [6.45, 7) is 0.805. The van der Waals surface area contributed by atoms with Crippen LogP contribution in [0.2, 0.25) is 0 Å². The zero-order valence-corrected chi connectivity index (χ0v) is 13.9. The summed E-state index contributed by atoms with van der Waals surface area (Å²) < 4.78 is 1.44. The SMILES string of the molecule is CNC(=O)Cn1cc(NC(=O)c2ccc(N3CCCC3=O)cc2)cn1. The summed E-state index contributed by atoms with van der Waals surface area (Å²) in [7, 11) is 1.55. The first-order valence-electron chi connectivity index (χ1n) is 8.01. The topological polar surface area (TPSA) is 96.3 Å². The van der Waals surface area contributed by atoms with E-state index in [1.54, 1.807) is 42.4 Å². The van der Waals surface area contributed by atoms with Gasteiger partial charge >= 0.3 is 0 Å². The summed E-state index contributed by atoms with van der Waals surface area (Å²) >= 11 is 0. The van der Waals surface area contributed by atoms with E-state index in [0.29, 0.717) is 17.7 Å². The number of likely N-dealkylation sites (N-methyl/N-ethyl adjacent to an activating group) is 1. The standard InChI is InChI=1S/C17H19N5O3/c1-18-15(23)11-21-10-13(9-19-21)20-17(25)12-4-6-14(7-5-12)22-8-2-3-16(22)24/h4-7,9-10H,2-3,8,11H2,1H3,(H,18,23)(H,20,25). The van der Waals surface area contributed by atoms with E-state index >= 15 is 0 Å². The maximum Gasteiger partial charge on any atom is 0.255 e. The van der Waals surface area contributed by atoms with Gasteiger partial charge in [0.15, 0.2) is 0 Å². The second-order valence-electron chi connectivity index (χ2n) is 5.75. The van der Waals surface area contributed by atoms with Crippen molar-refractivity contribution in [1.29, 1.82) is 0 Å². The van der Waals surface area contributed by atoms with Gasteiger partial charge in [0.25, 0.3) is 5.91 Å². The molecule has 0 spiro atoms. The van der Waals surface area contributed by atoms with E-state index in [4.69, 9.17) is 0 Å². The van der Waals surface area contributed by atoms with Crippen molar-refractivity contribution in [2.75, 3.05) is 23.8 Å². The third-order valence-corrected chi connectivity index (χ3v) is 3.99. The molecule has 0 atom stereocenters. The van der Waals surface area contributed by atoms with Crippen LogP contribution >= 0.6 is 0 Å². The van der Waals surface area contributed by atoms with Crippen molar-refractivity contribution < 1.29 is 14.4 Å². The Bertz CT molecular complexity index is 797. The first-order chi connectivity index (χ1) is 12.1. The molecule has 1 aromatic heterocycles.